The lowest BCUT2D eigenvalue weighted by Gasteiger charge is -2.24. The molecule has 1 aliphatic carbocycles. The van der Waals surface area contributed by atoms with Crippen LogP contribution in [0.3, 0.4) is 0 Å². The molecule has 2 rings (SSSR count). The molecule has 1 atom stereocenters. The van der Waals surface area contributed by atoms with E-state index in [1.807, 2.05) is 6.07 Å². The SMILES string of the molecule is CCNC(C)c1cccc(F)c1SC1CCCCC1. The molecule has 0 bridgehead atoms. The van der Waals surface area contributed by atoms with Crippen molar-refractivity contribution in [2.45, 2.75) is 62.1 Å². The molecular weight excluding hydrogens is 257 g/mol. The van der Waals surface area contributed by atoms with Crippen molar-refractivity contribution in [3.63, 3.8) is 0 Å². The van der Waals surface area contributed by atoms with Gasteiger partial charge in [0.25, 0.3) is 0 Å². The highest BCUT2D eigenvalue weighted by Crippen LogP contribution is 2.38. The molecule has 1 fully saturated rings. The normalized spacial score (nSPS) is 18.5. The number of rotatable bonds is 5. The summed E-state index contributed by atoms with van der Waals surface area (Å²) in [4.78, 5) is 0.864. The van der Waals surface area contributed by atoms with Gasteiger partial charge in [-0.25, -0.2) is 4.39 Å². The smallest absolute Gasteiger partial charge is 0.137 e. The maximum Gasteiger partial charge on any atom is 0.137 e. The Morgan fingerprint density at radius 3 is 2.74 bits per heavy atom. The van der Waals surface area contributed by atoms with Crippen LogP contribution < -0.4 is 5.32 Å². The van der Waals surface area contributed by atoms with Crippen LogP contribution in [0.15, 0.2) is 23.1 Å². The van der Waals surface area contributed by atoms with Gasteiger partial charge < -0.3 is 5.32 Å². The van der Waals surface area contributed by atoms with Gasteiger partial charge in [0.2, 0.25) is 0 Å². The zero-order valence-electron chi connectivity index (χ0n) is 11.9. The molecule has 1 saturated carbocycles. The molecule has 1 aliphatic rings. The van der Waals surface area contributed by atoms with Crippen LogP contribution in [0.1, 0.15) is 57.6 Å². The highest BCUT2D eigenvalue weighted by molar-refractivity contribution is 8.00. The van der Waals surface area contributed by atoms with Crippen LogP contribution in [0.2, 0.25) is 0 Å². The molecule has 106 valence electrons. The summed E-state index contributed by atoms with van der Waals surface area (Å²) in [5.74, 6) is -0.0576. The predicted octanol–water partition coefficient (Wildman–Crippen LogP) is 4.92. The second-order valence-electron chi connectivity index (χ2n) is 5.32. The van der Waals surface area contributed by atoms with Gasteiger partial charge in [-0.15, -0.1) is 11.8 Å². The molecular formula is C16H24FNS. The Hall–Kier alpha value is -0.540. The first kappa shape index (κ1) is 14.9. The molecule has 0 aromatic heterocycles. The first-order valence-corrected chi connectivity index (χ1v) is 8.28. The maximum atomic E-state index is 14.2. The van der Waals surface area contributed by atoms with Crippen LogP contribution in [0, 0.1) is 5.82 Å². The quantitative estimate of drug-likeness (QED) is 0.822. The van der Waals surface area contributed by atoms with E-state index in [1.165, 1.54) is 32.1 Å². The van der Waals surface area contributed by atoms with Gasteiger partial charge in [0.1, 0.15) is 5.82 Å². The van der Waals surface area contributed by atoms with Gasteiger partial charge in [0.15, 0.2) is 0 Å². The van der Waals surface area contributed by atoms with Crippen LogP contribution >= 0.6 is 11.8 Å². The molecule has 1 N–H and O–H groups in total. The van der Waals surface area contributed by atoms with E-state index in [1.54, 1.807) is 17.8 Å². The number of thioether (sulfide) groups is 1. The summed E-state index contributed by atoms with van der Waals surface area (Å²) >= 11 is 1.76. The molecule has 1 aromatic rings. The summed E-state index contributed by atoms with van der Waals surface area (Å²) in [5, 5.41) is 3.98. The van der Waals surface area contributed by atoms with E-state index < -0.39 is 0 Å². The molecule has 0 saturated heterocycles. The minimum absolute atomic E-state index is 0.0576. The molecule has 19 heavy (non-hydrogen) atoms. The van der Waals surface area contributed by atoms with Crippen molar-refractivity contribution in [3.05, 3.63) is 29.6 Å². The average molecular weight is 281 g/mol. The molecule has 1 aromatic carbocycles. The molecule has 0 amide bonds. The lowest BCUT2D eigenvalue weighted by Crippen LogP contribution is -2.19. The molecule has 0 spiro atoms. The lowest BCUT2D eigenvalue weighted by atomic mass is 10.0. The van der Waals surface area contributed by atoms with Crippen molar-refractivity contribution in [1.29, 1.82) is 0 Å². The van der Waals surface area contributed by atoms with Gasteiger partial charge in [-0.3, -0.25) is 0 Å². The van der Waals surface area contributed by atoms with Crippen LogP contribution in [0.25, 0.3) is 0 Å². The van der Waals surface area contributed by atoms with E-state index in [4.69, 9.17) is 0 Å². The Labute approximate surface area is 120 Å². The van der Waals surface area contributed by atoms with Gasteiger partial charge in [0.05, 0.1) is 0 Å². The summed E-state index contributed by atoms with van der Waals surface area (Å²) < 4.78 is 14.2. The predicted molar refractivity (Wildman–Crippen MR) is 81.2 cm³/mol. The van der Waals surface area contributed by atoms with Crippen molar-refractivity contribution in [2.75, 3.05) is 6.54 Å². The van der Waals surface area contributed by atoms with E-state index in [0.29, 0.717) is 5.25 Å². The lowest BCUT2D eigenvalue weighted by molar-refractivity contribution is 0.513. The van der Waals surface area contributed by atoms with E-state index in [-0.39, 0.29) is 11.9 Å². The van der Waals surface area contributed by atoms with Crippen LogP contribution in [0.5, 0.6) is 0 Å². The Morgan fingerprint density at radius 2 is 2.05 bits per heavy atom. The van der Waals surface area contributed by atoms with Crippen molar-refractivity contribution < 1.29 is 4.39 Å². The van der Waals surface area contributed by atoms with E-state index in [9.17, 15) is 4.39 Å². The van der Waals surface area contributed by atoms with E-state index >= 15 is 0 Å². The third-order valence-corrected chi connectivity index (χ3v) is 5.28. The number of hydrogen-bond acceptors (Lipinski definition) is 2. The number of benzene rings is 1. The van der Waals surface area contributed by atoms with Gasteiger partial charge in [-0.2, -0.15) is 0 Å². The fourth-order valence-corrected chi connectivity index (χ4v) is 4.22. The van der Waals surface area contributed by atoms with Crippen LogP contribution in [-0.4, -0.2) is 11.8 Å². The third kappa shape index (κ3) is 3.96. The standard InChI is InChI=1S/C16H24FNS/c1-3-18-12(2)14-10-7-11-15(17)16(14)19-13-8-5-4-6-9-13/h7,10-13,18H,3-6,8-9H2,1-2H3. The Bertz CT molecular complexity index is 402. The third-order valence-electron chi connectivity index (χ3n) is 3.81. The second-order valence-corrected chi connectivity index (χ2v) is 6.63. The number of nitrogens with one attached hydrogen (secondary N) is 1. The fraction of sp³-hybridized carbons (Fsp3) is 0.625. The first-order valence-electron chi connectivity index (χ1n) is 7.40. The van der Waals surface area contributed by atoms with Gasteiger partial charge in [0, 0.05) is 16.2 Å². The minimum atomic E-state index is -0.0576. The van der Waals surface area contributed by atoms with Gasteiger partial charge >= 0.3 is 0 Å². The van der Waals surface area contributed by atoms with E-state index in [2.05, 4.69) is 25.2 Å². The molecule has 3 heteroatoms. The van der Waals surface area contributed by atoms with Gasteiger partial charge in [-0.05, 0) is 37.9 Å². The summed E-state index contributed by atoms with van der Waals surface area (Å²) in [6.45, 7) is 5.11. The average Bonchev–Trinajstić information content (AvgIpc) is 2.42. The topological polar surface area (TPSA) is 12.0 Å². The fourth-order valence-electron chi connectivity index (χ4n) is 2.76. The van der Waals surface area contributed by atoms with Crippen molar-refractivity contribution in [2.24, 2.45) is 0 Å². The summed E-state index contributed by atoms with van der Waals surface area (Å²) in [6, 6.07) is 5.69. The maximum absolute atomic E-state index is 14.2. The highest BCUT2D eigenvalue weighted by atomic mass is 32.2. The molecule has 0 aliphatic heterocycles. The second kappa shape index (κ2) is 7.30. The minimum Gasteiger partial charge on any atom is -0.310 e. The van der Waals surface area contributed by atoms with E-state index in [0.717, 1.165) is 17.0 Å². The molecule has 0 heterocycles. The molecule has 1 unspecified atom stereocenters. The zero-order valence-corrected chi connectivity index (χ0v) is 12.7. The van der Waals surface area contributed by atoms with Gasteiger partial charge in [-0.1, -0.05) is 38.3 Å². The molecule has 1 nitrogen and oxygen atoms in total. The number of halogens is 1. The van der Waals surface area contributed by atoms with Crippen molar-refractivity contribution >= 4 is 11.8 Å². The zero-order chi connectivity index (χ0) is 13.7. The highest BCUT2D eigenvalue weighted by Gasteiger charge is 2.20. The summed E-state index contributed by atoms with van der Waals surface area (Å²) in [5.41, 5.74) is 1.11. The number of hydrogen-bond donors (Lipinski definition) is 1. The Kier molecular flexibility index (Phi) is 5.71. The monoisotopic (exact) mass is 281 g/mol. The largest absolute Gasteiger partial charge is 0.310 e. The van der Waals surface area contributed by atoms with Crippen LogP contribution in [-0.2, 0) is 0 Å². The summed E-state index contributed by atoms with van der Waals surface area (Å²) in [7, 11) is 0. The summed E-state index contributed by atoms with van der Waals surface area (Å²) in [6.07, 6.45) is 6.39. The Morgan fingerprint density at radius 1 is 1.32 bits per heavy atom. The Balaban J connectivity index is 2.16. The van der Waals surface area contributed by atoms with Crippen molar-refractivity contribution in [3.8, 4) is 0 Å². The first-order chi connectivity index (χ1) is 9.22. The van der Waals surface area contributed by atoms with Crippen LogP contribution in [0.4, 0.5) is 4.39 Å². The molecule has 0 radical (unpaired) electrons. The van der Waals surface area contributed by atoms with Crippen molar-refractivity contribution in [1.82, 2.24) is 5.32 Å².